The lowest BCUT2D eigenvalue weighted by atomic mass is 9.95. The third kappa shape index (κ3) is 2.54. The van der Waals surface area contributed by atoms with Crippen LogP contribution in [0.25, 0.3) is 5.65 Å². The van der Waals surface area contributed by atoms with Crippen molar-refractivity contribution in [3.05, 3.63) is 35.8 Å². The van der Waals surface area contributed by atoms with Gasteiger partial charge in [0.25, 0.3) is 0 Å². The van der Waals surface area contributed by atoms with Crippen molar-refractivity contribution in [3.63, 3.8) is 0 Å². The summed E-state index contributed by atoms with van der Waals surface area (Å²) >= 11 is 0. The molecule has 0 radical (unpaired) electrons. The summed E-state index contributed by atoms with van der Waals surface area (Å²) in [4.78, 5) is 16.3. The topological polar surface area (TPSA) is 52.8 Å². The molecule has 0 bridgehead atoms. The van der Waals surface area contributed by atoms with Crippen LogP contribution in [0.15, 0.2) is 24.5 Å². The van der Waals surface area contributed by atoms with Crippen LogP contribution in [0.5, 0.6) is 0 Å². The first-order valence-electron chi connectivity index (χ1n) is 6.90. The zero-order valence-corrected chi connectivity index (χ0v) is 11.5. The fourth-order valence-corrected chi connectivity index (χ4v) is 2.68. The third-order valence-corrected chi connectivity index (χ3v) is 3.78. The van der Waals surface area contributed by atoms with Gasteiger partial charge in [-0.1, -0.05) is 0 Å². The number of hydrogen-bond donors (Lipinski definition) is 0. The van der Waals surface area contributed by atoms with Gasteiger partial charge in [0.15, 0.2) is 5.65 Å². The van der Waals surface area contributed by atoms with E-state index < -0.39 is 0 Å². The average molecular weight is 274 g/mol. The minimum atomic E-state index is -0.348. The quantitative estimate of drug-likeness (QED) is 0.804. The Labute approximate surface area is 117 Å². The fraction of sp³-hybridized carbons (Fsp3) is 0.467. The van der Waals surface area contributed by atoms with Crippen molar-refractivity contribution in [2.24, 2.45) is 5.92 Å². The van der Waals surface area contributed by atoms with Crippen LogP contribution in [-0.4, -0.2) is 35.7 Å². The van der Waals surface area contributed by atoms with E-state index in [1.54, 1.807) is 6.07 Å². The number of pyridine rings is 1. The lowest BCUT2D eigenvalue weighted by Crippen LogP contribution is -2.17. The van der Waals surface area contributed by atoms with E-state index in [-0.39, 0.29) is 5.97 Å². The molecule has 0 atom stereocenters. The summed E-state index contributed by atoms with van der Waals surface area (Å²) in [5.74, 6) is 0.272. The number of esters is 1. The maximum Gasteiger partial charge on any atom is 0.341 e. The van der Waals surface area contributed by atoms with Crippen molar-refractivity contribution in [2.75, 3.05) is 20.3 Å². The summed E-state index contributed by atoms with van der Waals surface area (Å²) in [6.45, 7) is 1.68. The SMILES string of the molecule is COC(=O)c1cccn2cc(CC3CCOCC3)nc12. The van der Waals surface area contributed by atoms with Gasteiger partial charge in [0.1, 0.15) is 5.56 Å². The van der Waals surface area contributed by atoms with Crippen LogP contribution in [0.1, 0.15) is 28.9 Å². The van der Waals surface area contributed by atoms with Crippen LogP contribution in [0.3, 0.4) is 0 Å². The lowest BCUT2D eigenvalue weighted by Gasteiger charge is -2.20. The third-order valence-electron chi connectivity index (χ3n) is 3.78. The molecule has 0 amide bonds. The van der Waals surface area contributed by atoms with E-state index in [9.17, 15) is 4.79 Å². The second-order valence-electron chi connectivity index (χ2n) is 5.14. The molecule has 2 aromatic rings. The Hall–Kier alpha value is -1.88. The summed E-state index contributed by atoms with van der Waals surface area (Å²) in [6, 6.07) is 3.57. The Morgan fingerprint density at radius 1 is 1.50 bits per heavy atom. The van der Waals surface area contributed by atoms with Crippen molar-refractivity contribution in [2.45, 2.75) is 19.3 Å². The molecule has 0 unspecified atom stereocenters. The largest absolute Gasteiger partial charge is 0.465 e. The zero-order chi connectivity index (χ0) is 13.9. The van der Waals surface area contributed by atoms with Crippen LogP contribution in [0, 0.1) is 5.92 Å². The number of nitrogens with zero attached hydrogens (tertiary/aromatic N) is 2. The predicted molar refractivity (Wildman–Crippen MR) is 73.8 cm³/mol. The molecule has 3 rings (SSSR count). The average Bonchev–Trinajstić information content (AvgIpc) is 2.89. The molecule has 0 aromatic carbocycles. The Kier molecular flexibility index (Phi) is 3.69. The zero-order valence-electron chi connectivity index (χ0n) is 11.5. The van der Waals surface area contributed by atoms with Gasteiger partial charge in [-0.3, -0.25) is 0 Å². The molecule has 1 saturated heterocycles. The van der Waals surface area contributed by atoms with Crippen LogP contribution in [-0.2, 0) is 15.9 Å². The second kappa shape index (κ2) is 5.63. The Morgan fingerprint density at radius 3 is 3.05 bits per heavy atom. The second-order valence-corrected chi connectivity index (χ2v) is 5.14. The van der Waals surface area contributed by atoms with Crippen molar-refractivity contribution < 1.29 is 14.3 Å². The summed E-state index contributed by atoms with van der Waals surface area (Å²) < 4.78 is 12.1. The molecular formula is C15H18N2O3. The summed E-state index contributed by atoms with van der Waals surface area (Å²) in [7, 11) is 1.39. The molecule has 5 heteroatoms. The molecule has 1 aliphatic heterocycles. The highest BCUT2D eigenvalue weighted by molar-refractivity contribution is 5.95. The van der Waals surface area contributed by atoms with Crippen molar-refractivity contribution in [1.29, 1.82) is 0 Å². The van der Waals surface area contributed by atoms with Gasteiger partial charge in [-0.25, -0.2) is 9.78 Å². The Bertz CT molecular complexity index is 615. The first-order valence-corrected chi connectivity index (χ1v) is 6.90. The molecule has 106 valence electrons. The smallest absolute Gasteiger partial charge is 0.341 e. The molecule has 0 aliphatic carbocycles. The van der Waals surface area contributed by atoms with Gasteiger partial charge in [0.05, 0.1) is 12.8 Å². The highest BCUT2D eigenvalue weighted by Gasteiger charge is 2.18. The van der Waals surface area contributed by atoms with Gasteiger partial charge in [-0.05, 0) is 37.3 Å². The molecule has 1 fully saturated rings. The van der Waals surface area contributed by atoms with Crippen LogP contribution in [0.2, 0.25) is 0 Å². The van der Waals surface area contributed by atoms with Gasteiger partial charge in [0, 0.05) is 25.6 Å². The van der Waals surface area contributed by atoms with E-state index in [4.69, 9.17) is 9.47 Å². The van der Waals surface area contributed by atoms with Crippen molar-refractivity contribution >= 4 is 11.6 Å². The molecule has 0 saturated carbocycles. The first-order chi connectivity index (χ1) is 9.78. The number of rotatable bonds is 3. The highest BCUT2D eigenvalue weighted by atomic mass is 16.5. The number of methoxy groups -OCH3 is 1. The normalized spacial score (nSPS) is 16.4. The van der Waals surface area contributed by atoms with E-state index in [0.717, 1.165) is 38.2 Å². The summed E-state index contributed by atoms with van der Waals surface area (Å²) in [5, 5.41) is 0. The molecule has 5 nitrogen and oxygen atoms in total. The number of carbonyl (C=O) groups excluding carboxylic acids is 1. The fourth-order valence-electron chi connectivity index (χ4n) is 2.68. The number of hydrogen-bond acceptors (Lipinski definition) is 4. The van der Waals surface area contributed by atoms with E-state index in [1.807, 2.05) is 22.9 Å². The van der Waals surface area contributed by atoms with Crippen molar-refractivity contribution in [1.82, 2.24) is 9.38 Å². The van der Waals surface area contributed by atoms with Crippen molar-refractivity contribution in [3.8, 4) is 0 Å². The van der Waals surface area contributed by atoms with Gasteiger partial charge in [-0.2, -0.15) is 0 Å². The van der Waals surface area contributed by atoms with Gasteiger partial charge < -0.3 is 13.9 Å². The molecule has 20 heavy (non-hydrogen) atoms. The number of ether oxygens (including phenoxy) is 2. The summed E-state index contributed by atoms with van der Waals surface area (Å²) in [5.41, 5.74) is 2.20. The van der Waals surface area contributed by atoms with E-state index in [0.29, 0.717) is 17.1 Å². The maximum atomic E-state index is 11.7. The van der Waals surface area contributed by atoms with E-state index >= 15 is 0 Å². The molecular weight excluding hydrogens is 256 g/mol. The molecule has 3 heterocycles. The van der Waals surface area contributed by atoms with Gasteiger partial charge in [-0.15, -0.1) is 0 Å². The van der Waals surface area contributed by atoms with Gasteiger partial charge in [0.2, 0.25) is 0 Å². The molecule has 1 aliphatic rings. The number of aromatic nitrogens is 2. The van der Waals surface area contributed by atoms with Crippen LogP contribution >= 0.6 is 0 Å². The minimum Gasteiger partial charge on any atom is -0.465 e. The standard InChI is InChI=1S/C15H18N2O3/c1-19-15(18)13-3-2-6-17-10-12(16-14(13)17)9-11-4-7-20-8-5-11/h2-3,6,10-11H,4-5,7-9H2,1H3. The number of fused-ring (bicyclic) bond motifs is 1. The number of carbonyl (C=O) groups is 1. The minimum absolute atomic E-state index is 0.348. The van der Waals surface area contributed by atoms with E-state index in [1.165, 1.54) is 7.11 Å². The Balaban J connectivity index is 1.88. The molecule has 0 spiro atoms. The molecule has 2 aromatic heterocycles. The van der Waals surface area contributed by atoms with Crippen LogP contribution < -0.4 is 0 Å². The summed E-state index contributed by atoms with van der Waals surface area (Å²) in [6.07, 6.45) is 7.00. The Morgan fingerprint density at radius 2 is 2.30 bits per heavy atom. The maximum absolute atomic E-state index is 11.7. The highest BCUT2D eigenvalue weighted by Crippen LogP contribution is 2.21. The number of imidazole rings is 1. The lowest BCUT2D eigenvalue weighted by molar-refractivity contribution is 0.0602. The predicted octanol–water partition coefficient (Wildman–Crippen LogP) is 2.09. The monoisotopic (exact) mass is 274 g/mol. The molecule has 0 N–H and O–H groups in total. The first kappa shape index (κ1) is 13.1. The van der Waals surface area contributed by atoms with E-state index in [2.05, 4.69) is 4.98 Å². The van der Waals surface area contributed by atoms with Crippen LogP contribution in [0.4, 0.5) is 0 Å². The van der Waals surface area contributed by atoms with Gasteiger partial charge >= 0.3 is 5.97 Å².